The number of carbonyl (C=O) groups is 2. The maximum atomic E-state index is 13.0. The lowest BCUT2D eigenvalue weighted by atomic mass is 10.1. The Morgan fingerprint density at radius 1 is 1.03 bits per heavy atom. The zero-order chi connectivity index (χ0) is 24.2. The molecule has 9 heteroatoms. The average Bonchev–Trinajstić information content (AvgIpc) is 3.06. The molecule has 3 aromatic carbocycles. The van der Waals surface area contributed by atoms with Gasteiger partial charge in [0.25, 0.3) is 11.1 Å². The molecule has 1 fully saturated rings. The van der Waals surface area contributed by atoms with Gasteiger partial charge in [0.2, 0.25) is 0 Å². The topological polar surface area (TPSA) is 55.8 Å². The molecule has 0 unspecified atom stereocenters. The molecular formula is C25H18Cl2INO4S. The minimum Gasteiger partial charge on any atom is -0.490 e. The minimum atomic E-state index is -0.419. The SMILES string of the molecule is CCOc1cc(/C=C2\SC(=O)N(c3ccccc3Cl)C2=O)cc(I)c1OCc1cccc(Cl)c1. The van der Waals surface area contributed by atoms with Gasteiger partial charge in [0.05, 0.1) is 25.8 Å². The molecule has 0 saturated carbocycles. The van der Waals surface area contributed by atoms with Crippen LogP contribution < -0.4 is 14.4 Å². The number of amides is 2. The van der Waals surface area contributed by atoms with Gasteiger partial charge in [0.15, 0.2) is 11.5 Å². The number of hydrogen-bond acceptors (Lipinski definition) is 5. The molecule has 0 spiro atoms. The Kier molecular flexibility index (Phi) is 8.08. The largest absolute Gasteiger partial charge is 0.490 e. The van der Waals surface area contributed by atoms with E-state index in [1.54, 1.807) is 36.4 Å². The van der Waals surface area contributed by atoms with Crippen molar-refractivity contribution in [1.82, 2.24) is 0 Å². The average molecular weight is 626 g/mol. The highest BCUT2D eigenvalue weighted by atomic mass is 127. The van der Waals surface area contributed by atoms with Crippen LogP contribution in [0.1, 0.15) is 18.1 Å². The Morgan fingerprint density at radius 2 is 1.82 bits per heavy atom. The second-order valence-electron chi connectivity index (χ2n) is 7.15. The lowest BCUT2D eigenvalue weighted by Gasteiger charge is -2.15. The first kappa shape index (κ1) is 24.9. The molecule has 5 nitrogen and oxygen atoms in total. The lowest BCUT2D eigenvalue weighted by Crippen LogP contribution is -2.27. The number of anilines is 1. The summed E-state index contributed by atoms with van der Waals surface area (Å²) in [7, 11) is 0. The van der Waals surface area contributed by atoms with E-state index in [1.807, 2.05) is 37.3 Å². The predicted molar refractivity (Wildman–Crippen MR) is 146 cm³/mol. The van der Waals surface area contributed by atoms with Crippen LogP contribution in [-0.4, -0.2) is 17.8 Å². The van der Waals surface area contributed by atoms with Gasteiger partial charge in [-0.1, -0.05) is 47.5 Å². The van der Waals surface area contributed by atoms with Crippen molar-refractivity contribution >= 4 is 80.5 Å². The van der Waals surface area contributed by atoms with Crippen LogP contribution in [0.2, 0.25) is 10.0 Å². The highest BCUT2D eigenvalue weighted by Gasteiger charge is 2.37. The quantitative estimate of drug-likeness (QED) is 0.198. The van der Waals surface area contributed by atoms with Crippen molar-refractivity contribution in [3.8, 4) is 11.5 Å². The van der Waals surface area contributed by atoms with Crippen LogP contribution in [0.3, 0.4) is 0 Å². The summed E-state index contributed by atoms with van der Waals surface area (Å²) in [4.78, 5) is 27.0. The van der Waals surface area contributed by atoms with Crippen molar-refractivity contribution in [3.05, 3.63) is 90.3 Å². The monoisotopic (exact) mass is 625 g/mol. The first-order chi connectivity index (χ1) is 16.4. The number of halogens is 3. The highest BCUT2D eigenvalue weighted by molar-refractivity contribution is 14.1. The second-order valence-corrected chi connectivity index (χ2v) is 10.1. The molecule has 0 aromatic heterocycles. The number of para-hydroxylation sites is 1. The number of rotatable bonds is 7. The fraction of sp³-hybridized carbons (Fsp3) is 0.120. The van der Waals surface area contributed by atoms with Crippen molar-refractivity contribution in [2.45, 2.75) is 13.5 Å². The number of imide groups is 1. The Balaban J connectivity index is 1.61. The zero-order valence-corrected chi connectivity index (χ0v) is 22.4. The normalized spacial score (nSPS) is 14.7. The smallest absolute Gasteiger partial charge is 0.298 e. The molecule has 1 aliphatic heterocycles. The fourth-order valence-electron chi connectivity index (χ4n) is 3.32. The summed E-state index contributed by atoms with van der Waals surface area (Å²) < 4.78 is 12.7. The number of carbonyl (C=O) groups excluding carboxylic acids is 2. The van der Waals surface area contributed by atoms with Crippen LogP contribution in [0, 0.1) is 3.57 Å². The van der Waals surface area contributed by atoms with E-state index in [0.29, 0.717) is 50.9 Å². The summed E-state index contributed by atoms with van der Waals surface area (Å²) >= 11 is 15.3. The molecule has 34 heavy (non-hydrogen) atoms. The van der Waals surface area contributed by atoms with Gasteiger partial charge >= 0.3 is 0 Å². The molecule has 0 atom stereocenters. The van der Waals surface area contributed by atoms with Gasteiger partial charge in [-0.15, -0.1) is 0 Å². The molecule has 0 radical (unpaired) electrons. The minimum absolute atomic E-state index is 0.302. The van der Waals surface area contributed by atoms with E-state index >= 15 is 0 Å². The lowest BCUT2D eigenvalue weighted by molar-refractivity contribution is -0.113. The van der Waals surface area contributed by atoms with Crippen LogP contribution in [0.25, 0.3) is 6.08 Å². The molecule has 3 aromatic rings. The van der Waals surface area contributed by atoms with Gasteiger partial charge in [-0.25, -0.2) is 4.90 Å². The van der Waals surface area contributed by atoms with Crippen molar-refractivity contribution in [3.63, 3.8) is 0 Å². The maximum Gasteiger partial charge on any atom is 0.298 e. The number of thioether (sulfide) groups is 1. The van der Waals surface area contributed by atoms with Crippen LogP contribution in [0.5, 0.6) is 11.5 Å². The number of ether oxygens (including phenoxy) is 2. The van der Waals surface area contributed by atoms with Crippen molar-refractivity contribution in [1.29, 1.82) is 0 Å². The van der Waals surface area contributed by atoms with E-state index < -0.39 is 11.1 Å². The van der Waals surface area contributed by atoms with Crippen LogP contribution >= 0.6 is 57.6 Å². The van der Waals surface area contributed by atoms with Crippen LogP contribution in [0.15, 0.2) is 65.6 Å². The third-order valence-corrected chi connectivity index (χ3v) is 7.01. The van der Waals surface area contributed by atoms with E-state index in [0.717, 1.165) is 25.8 Å². The molecule has 1 saturated heterocycles. The van der Waals surface area contributed by atoms with Gasteiger partial charge in [-0.05, 0) is 94.9 Å². The van der Waals surface area contributed by atoms with E-state index in [9.17, 15) is 9.59 Å². The Bertz CT molecular complexity index is 1300. The summed E-state index contributed by atoms with van der Waals surface area (Å²) in [6.45, 7) is 2.65. The third-order valence-electron chi connectivity index (χ3n) is 4.79. The van der Waals surface area contributed by atoms with E-state index in [1.165, 1.54) is 0 Å². The molecule has 4 rings (SSSR count). The molecule has 0 bridgehead atoms. The van der Waals surface area contributed by atoms with Gasteiger partial charge < -0.3 is 9.47 Å². The highest BCUT2D eigenvalue weighted by Crippen LogP contribution is 2.40. The fourth-order valence-corrected chi connectivity index (χ4v) is 5.36. The molecule has 1 aliphatic rings. The molecule has 2 amide bonds. The first-order valence-corrected chi connectivity index (χ1v) is 12.9. The molecule has 174 valence electrons. The van der Waals surface area contributed by atoms with Crippen molar-refractivity contribution in [2.24, 2.45) is 0 Å². The van der Waals surface area contributed by atoms with E-state index in [2.05, 4.69) is 22.6 Å². The van der Waals surface area contributed by atoms with Crippen molar-refractivity contribution in [2.75, 3.05) is 11.5 Å². The van der Waals surface area contributed by atoms with Crippen LogP contribution in [0.4, 0.5) is 10.5 Å². The summed E-state index contributed by atoms with van der Waals surface area (Å²) in [6.07, 6.45) is 1.67. The Morgan fingerprint density at radius 3 is 2.56 bits per heavy atom. The van der Waals surface area contributed by atoms with E-state index in [4.69, 9.17) is 32.7 Å². The predicted octanol–water partition coefficient (Wildman–Crippen LogP) is 7.82. The molecular weight excluding hydrogens is 608 g/mol. The maximum absolute atomic E-state index is 13.0. The zero-order valence-electron chi connectivity index (χ0n) is 17.9. The third kappa shape index (κ3) is 5.54. The second kappa shape index (κ2) is 11.0. The Labute approximate surface area is 225 Å². The van der Waals surface area contributed by atoms with E-state index in [-0.39, 0.29) is 0 Å². The van der Waals surface area contributed by atoms with Gasteiger partial charge in [-0.2, -0.15) is 0 Å². The Hall–Kier alpha value is -2.20. The number of nitrogens with zero attached hydrogens (tertiary/aromatic N) is 1. The summed E-state index contributed by atoms with van der Waals surface area (Å²) in [6, 6.07) is 17.9. The first-order valence-electron chi connectivity index (χ1n) is 10.2. The number of hydrogen-bond donors (Lipinski definition) is 0. The van der Waals surface area contributed by atoms with Gasteiger partial charge in [0, 0.05) is 5.02 Å². The summed E-state index contributed by atoms with van der Waals surface area (Å²) in [5.41, 5.74) is 2.01. The standard InChI is InChI=1S/C25H18Cl2INO4S/c1-2-32-21-12-16(11-19(28)23(21)33-14-15-6-5-7-17(26)10-15)13-22-24(30)29(25(31)34-22)20-9-4-3-8-18(20)27/h3-13H,2,14H2,1H3/b22-13-. The molecule has 1 heterocycles. The summed E-state index contributed by atoms with van der Waals surface area (Å²) in [5, 5.41) is 0.577. The molecule has 0 aliphatic carbocycles. The van der Waals surface area contributed by atoms with Crippen molar-refractivity contribution < 1.29 is 19.1 Å². The van der Waals surface area contributed by atoms with Crippen LogP contribution in [-0.2, 0) is 11.4 Å². The summed E-state index contributed by atoms with van der Waals surface area (Å²) in [5.74, 6) is 0.731. The number of benzene rings is 3. The van der Waals surface area contributed by atoms with Gasteiger partial charge in [-0.3, -0.25) is 9.59 Å². The molecule has 0 N–H and O–H groups in total. The van der Waals surface area contributed by atoms with Gasteiger partial charge in [0.1, 0.15) is 6.61 Å².